The monoisotopic (exact) mass is 400 g/mol. The van der Waals surface area contributed by atoms with Crippen LogP contribution >= 0.6 is 0 Å². The van der Waals surface area contributed by atoms with E-state index in [4.69, 9.17) is 14.2 Å². The van der Waals surface area contributed by atoms with Crippen LogP contribution in [0.4, 0.5) is 5.69 Å². The van der Waals surface area contributed by atoms with Crippen molar-refractivity contribution in [1.29, 1.82) is 0 Å². The number of carbonyl (C=O) groups excluding carboxylic acids is 2. The number of methoxy groups -OCH3 is 1. The van der Waals surface area contributed by atoms with Crippen molar-refractivity contribution in [3.63, 3.8) is 0 Å². The van der Waals surface area contributed by atoms with Crippen LogP contribution in [0.25, 0.3) is 0 Å². The Labute approximate surface area is 171 Å². The molecule has 0 spiro atoms. The molecule has 0 unspecified atom stereocenters. The Kier molecular flexibility index (Phi) is 7.88. The number of likely N-dealkylation sites (N-methyl/N-ethyl adjacent to an activating group) is 1. The molecular formula is C22H28N2O5. The first-order valence-corrected chi connectivity index (χ1v) is 9.33. The summed E-state index contributed by atoms with van der Waals surface area (Å²) in [6, 6.07) is 12.7. The summed E-state index contributed by atoms with van der Waals surface area (Å²) in [5.74, 6) is 0.102. The molecule has 1 amide bonds. The van der Waals surface area contributed by atoms with Gasteiger partial charge in [0.2, 0.25) is 0 Å². The molecule has 0 fully saturated rings. The van der Waals surface area contributed by atoms with E-state index in [1.807, 2.05) is 50.2 Å². The zero-order chi connectivity index (χ0) is 21.4. The van der Waals surface area contributed by atoms with E-state index in [0.717, 1.165) is 11.3 Å². The van der Waals surface area contributed by atoms with E-state index in [1.54, 1.807) is 19.2 Å². The molecule has 0 bridgehead atoms. The van der Waals surface area contributed by atoms with Crippen LogP contribution in [-0.4, -0.2) is 58.2 Å². The van der Waals surface area contributed by atoms with Crippen molar-refractivity contribution in [2.75, 3.05) is 46.4 Å². The Morgan fingerprint density at radius 3 is 2.24 bits per heavy atom. The Balaban J connectivity index is 1.91. The highest BCUT2D eigenvalue weighted by Crippen LogP contribution is 2.28. The van der Waals surface area contributed by atoms with Gasteiger partial charge < -0.3 is 24.0 Å². The van der Waals surface area contributed by atoms with Crippen molar-refractivity contribution in [2.24, 2.45) is 0 Å². The Bertz CT molecular complexity index is 834. The third-order valence-corrected chi connectivity index (χ3v) is 4.32. The Hall–Kier alpha value is -3.22. The molecule has 2 rings (SSSR count). The maximum absolute atomic E-state index is 12.3. The molecule has 2 aromatic rings. The number of hydrogen-bond acceptors (Lipinski definition) is 6. The first-order chi connectivity index (χ1) is 13.8. The molecular weight excluding hydrogens is 372 g/mol. The average molecular weight is 400 g/mol. The molecule has 0 radical (unpaired) electrons. The third kappa shape index (κ3) is 6.14. The van der Waals surface area contributed by atoms with Gasteiger partial charge in [-0.2, -0.15) is 0 Å². The number of ether oxygens (including phenoxy) is 3. The van der Waals surface area contributed by atoms with Crippen molar-refractivity contribution in [1.82, 2.24) is 4.90 Å². The molecule has 0 saturated heterocycles. The average Bonchev–Trinajstić information content (AvgIpc) is 2.72. The molecule has 0 saturated carbocycles. The summed E-state index contributed by atoms with van der Waals surface area (Å²) in [6.07, 6.45) is 0. The van der Waals surface area contributed by atoms with Gasteiger partial charge in [0.15, 0.2) is 18.1 Å². The maximum atomic E-state index is 12.3. The fourth-order valence-electron chi connectivity index (χ4n) is 2.65. The van der Waals surface area contributed by atoms with Gasteiger partial charge in [-0.1, -0.05) is 12.1 Å². The molecule has 0 aliphatic heterocycles. The lowest BCUT2D eigenvalue weighted by Crippen LogP contribution is -2.30. The van der Waals surface area contributed by atoms with Crippen LogP contribution in [0.3, 0.4) is 0 Å². The first-order valence-electron chi connectivity index (χ1n) is 9.33. The summed E-state index contributed by atoms with van der Waals surface area (Å²) in [4.78, 5) is 28.1. The zero-order valence-electron chi connectivity index (χ0n) is 17.6. The molecule has 156 valence electrons. The van der Waals surface area contributed by atoms with E-state index in [9.17, 15) is 9.59 Å². The Morgan fingerprint density at radius 1 is 0.966 bits per heavy atom. The second kappa shape index (κ2) is 10.4. The number of amides is 1. The predicted molar refractivity (Wildman–Crippen MR) is 112 cm³/mol. The number of carbonyl (C=O) groups is 2. The molecule has 2 aromatic carbocycles. The minimum atomic E-state index is -0.594. The van der Waals surface area contributed by atoms with Crippen molar-refractivity contribution in [3.05, 3.63) is 53.6 Å². The van der Waals surface area contributed by atoms with Crippen molar-refractivity contribution >= 4 is 17.6 Å². The smallest absolute Gasteiger partial charge is 0.338 e. The minimum Gasteiger partial charge on any atom is -0.493 e. The number of nitrogens with zero attached hydrogens (tertiary/aromatic N) is 2. The first kappa shape index (κ1) is 22.1. The highest BCUT2D eigenvalue weighted by Gasteiger charge is 2.16. The van der Waals surface area contributed by atoms with Crippen molar-refractivity contribution in [3.8, 4) is 11.5 Å². The van der Waals surface area contributed by atoms with E-state index < -0.39 is 5.97 Å². The van der Waals surface area contributed by atoms with Gasteiger partial charge in [-0.05, 0) is 42.8 Å². The second-order valence-electron chi connectivity index (χ2n) is 6.69. The van der Waals surface area contributed by atoms with Crippen LogP contribution in [0.15, 0.2) is 42.5 Å². The van der Waals surface area contributed by atoms with E-state index in [2.05, 4.69) is 0 Å². The predicted octanol–water partition coefficient (Wildman–Crippen LogP) is 2.98. The van der Waals surface area contributed by atoms with Crippen LogP contribution in [0.2, 0.25) is 0 Å². The Morgan fingerprint density at radius 2 is 1.66 bits per heavy atom. The van der Waals surface area contributed by atoms with Crippen LogP contribution < -0.4 is 14.4 Å². The molecule has 7 heteroatoms. The highest BCUT2D eigenvalue weighted by atomic mass is 16.5. The molecule has 0 atom stereocenters. The molecule has 0 heterocycles. The number of rotatable bonds is 9. The number of anilines is 1. The standard InChI is InChI=1S/C22H28N2O5/c1-6-28-19-12-9-17(13-20(19)27-5)22(26)29-15-21(25)24(4)14-16-7-10-18(11-8-16)23(2)3/h7-13H,6,14-15H2,1-5H3. The summed E-state index contributed by atoms with van der Waals surface area (Å²) in [6.45, 7) is 2.45. The second-order valence-corrected chi connectivity index (χ2v) is 6.69. The van der Waals surface area contributed by atoms with Gasteiger partial charge in [0.05, 0.1) is 19.3 Å². The normalized spacial score (nSPS) is 10.2. The highest BCUT2D eigenvalue weighted by molar-refractivity contribution is 5.92. The van der Waals surface area contributed by atoms with Crippen LogP contribution in [0.1, 0.15) is 22.8 Å². The van der Waals surface area contributed by atoms with E-state index >= 15 is 0 Å². The number of esters is 1. The molecule has 0 aliphatic rings. The summed E-state index contributed by atoms with van der Waals surface area (Å²) in [7, 11) is 7.12. The lowest BCUT2D eigenvalue weighted by molar-refractivity contribution is -0.133. The quantitative estimate of drug-likeness (QED) is 0.603. The lowest BCUT2D eigenvalue weighted by atomic mass is 10.2. The van der Waals surface area contributed by atoms with E-state index in [0.29, 0.717) is 30.2 Å². The summed E-state index contributed by atoms with van der Waals surface area (Å²) >= 11 is 0. The fraction of sp³-hybridized carbons (Fsp3) is 0.364. The van der Waals surface area contributed by atoms with Gasteiger partial charge in [-0.15, -0.1) is 0 Å². The SMILES string of the molecule is CCOc1ccc(C(=O)OCC(=O)N(C)Cc2ccc(N(C)C)cc2)cc1OC. The molecule has 29 heavy (non-hydrogen) atoms. The minimum absolute atomic E-state index is 0.284. The van der Waals surface area contributed by atoms with Crippen molar-refractivity contribution < 1.29 is 23.8 Å². The zero-order valence-corrected chi connectivity index (χ0v) is 17.6. The lowest BCUT2D eigenvalue weighted by Gasteiger charge is -2.18. The summed E-state index contributed by atoms with van der Waals surface area (Å²) in [5.41, 5.74) is 2.37. The van der Waals surface area contributed by atoms with Gasteiger partial charge in [0.1, 0.15) is 0 Å². The maximum Gasteiger partial charge on any atom is 0.338 e. The fourth-order valence-corrected chi connectivity index (χ4v) is 2.65. The summed E-state index contributed by atoms with van der Waals surface area (Å²) < 4.78 is 15.8. The topological polar surface area (TPSA) is 68.3 Å². The van der Waals surface area contributed by atoms with Gasteiger partial charge >= 0.3 is 5.97 Å². The van der Waals surface area contributed by atoms with Crippen molar-refractivity contribution in [2.45, 2.75) is 13.5 Å². The van der Waals surface area contributed by atoms with Gasteiger partial charge in [-0.25, -0.2) is 4.79 Å². The van der Waals surface area contributed by atoms with Crippen LogP contribution in [0, 0.1) is 0 Å². The number of benzene rings is 2. The molecule has 0 N–H and O–H groups in total. The van der Waals surface area contributed by atoms with Crippen LogP contribution in [-0.2, 0) is 16.1 Å². The number of hydrogen-bond donors (Lipinski definition) is 0. The van der Waals surface area contributed by atoms with E-state index in [-0.39, 0.29) is 12.5 Å². The molecule has 7 nitrogen and oxygen atoms in total. The van der Waals surface area contributed by atoms with Crippen LogP contribution in [0.5, 0.6) is 11.5 Å². The van der Waals surface area contributed by atoms with Gasteiger partial charge in [-0.3, -0.25) is 4.79 Å². The van der Waals surface area contributed by atoms with Gasteiger partial charge in [0.25, 0.3) is 5.91 Å². The van der Waals surface area contributed by atoms with E-state index in [1.165, 1.54) is 18.1 Å². The molecule has 0 aromatic heterocycles. The summed E-state index contributed by atoms with van der Waals surface area (Å²) in [5, 5.41) is 0. The third-order valence-electron chi connectivity index (χ3n) is 4.32. The largest absolute Gasteiger partial charge is 0.493 e. The molecule has 0 aliphatic carbocycles. The van der Waals surface area contributed by atoms with Gasteiger partial charge in [0, 0.05) is 33.4 Å².